The fourth-order valence-electron chi connectivity index (χ4n) is 3.11. The molecule has 0 bridgehead atoms. The number of fused-ring (bicyclic) bond motifs is 1. The lowest BCUT2D eigenvalue weighted by atomic mass is 9.89. The minimum atomic E-state index is 0.518. The van der Waals surface area contributed by atoms with Gasteiger partial charge in [0.1, 0.15) is 0 Å². The van der Waals surface area contributed by atoms with Crippen LogP contribution in [0.4, 0.5) is 0 Å². The highest BCUT2D eigenvalue weighted by Gasteiger charge is 2.18. The molecule has 23 heavy (non-hydrogen) atoms. The van der Waals surface area contributed by atoms with Gasteiger partial charge in [-0.05, 0) is 72.6 Å². The third kappa shape index (κ3) is 3.64. The molecule has 0 spiro atoms. The van der Waals surface area contributed by atoms with Crippen molar-refractivity contribution in [3.8, 4) is 0 Å². The Hall–Kier alpha value is -2.08. The van der Waals surface area contributed by atoms with E-state index in [1.807, 2.05) is 0 Å². The van der Waals surface area contributed by atoms with Gasteiger partial charge in [0.05, 0.1) is 0 Å². The Balaban J connectivity index is 2.81. The fraction of sp³-hybridized carbons (Fsp3) is 0.304. The molecule has 0 radical (unpaired) electrons. The topological polar surface area (TPSA) is 0 Å². The first kappa shape index (κ1) is 17.3. The summed E-state index contributed by atoms with van der Waals surface area (Å²) in [4.78, 5) is 0. The second-order valence-corrected chi connectivity index (χ2v) is 6.47. The van der Waals surface area contributed by atoms with E-state index in [1.165, 1.54) is 39.0 Å². The van der Waals surface area contributed by atoms with Gasteiger partial charge >= 0.3 is 0 Å². The smallest absolute Gasteiger partial charge is 0.0103 e. The molecule has 0 heterocycles. The average Bonchev–Trinajstić information content (AvgIpc) is 2.75. The molecule has 2 aliphatic carbocycles. The van der Waals surface area contributed by atoms with Gasteiger partial charge in [-0.3, -0.25) is 0 Å². The van der Waals surface area contributed by atoms with Gasteiger partial charge in [-0.15, -0.1) is 0 Å². The van der Waals surface area contributed by atoms with Crippen LogP contribution in [0.2, 0.25) is 0 Å². The van der Waals surface area contributed by atoms with Crippen LogP contribution in [0.15, 0.2) is 93.7 Å². The van der Waals surface area contributed by atoms with E-state index in [2.05, 4.69) is 96.2 Å². The summed E-state index contributed by atoms with van der Waals surface area (Å²) in [5.41, 5.74) is 9.32. The van der Waals surface area contributed by atoms with Crippen LogP contribution >= 0.6 is 0 Å². The molecule has 0 saturated heterocycles. The molecular formula is C23H28. The van der Waals surface area contributed by atoms with E-state index < -0.39 is 0 Å². The molecule has 2 aliphatic rings. The van der Waals surface area contributed by atoms with Crippen LogP contribution in [0.1, 0.15) is 41.5 Å². The molecule has 0 aromatic rings. The Morgan fingerprint density at radius 3 is 2.04 bits per heavy atom. The van der Waals surface area contributed by atoms with E-state index in [1.54, 1.807) is 0 Å². The number of hydrogen-bond acceptors (Lipinski definition) is 0. The van der Waals surface area contributed by atoms with E-state index in [4.69, 9.17) is 0 Å². The third-order valence-electron chi connectivity index (χ3n) is 4.42. The number of hydrogen-bond donors (Lipinski definition) is 0. The van der Waals surface area contributed by atoms with Crippen molar-refractivity contribution in [3.63, 3.8) is 0 Å². The van der Waals surface area contributed by atoms with Gasteiger partial charge in [-0.25, -0.2) is 0 Å². The van der Waals surface area contributed by atoms with Crippen molar-refractivity contribution in [2.45, 2.75) is 41.5 Å². The molecule has 2 rings (SSSR count). The molecule has 0 N–H and O–H groups in total. The summed E-state index contributed by atoms with van der Waals surface area (Å²) in [6.07, 6.45) is 20.0. The Labute approximate surface area is 141 Å². The first-order chi connectivity index (χ1) is 11.0. The zero-order chi connectivity index (χ0) is 17.0. The lowest BCUT2D eigenvalue weighted by Gasteiger charge is -2.15. The first-order valence-electron chi connectivity index (χ1n) is 8.49. The SMILES string of the molecule is C/C=C/C1=C(C)C2=C(C)C=CC(C(C)C)=CC2=C(/C=C/C)C=C1. The molecule has 120 valence electrons. The quantitative estimate of drug-likeness (QED) is 0.538. The molecule has 0 nitrogen and oxygen atoms in total. The Morgan fingerprint density at radius 1 is 0.826 bits per heavy atom. The Kier molecular flexibility index (Phi) is 5.60. The van der Waals surface area contributed by atoms with Gasteiger partial charge in [0.25, 0.3) is 0 Å². The second kappa shape index (κ2) is 7.46. The molecule has 0 unspecified atom stereocenters. The van der Waals surface area contributed by atoms with Crippen LogP contribution < -0.4 is 0 Å². The average molecular weight is 304 g/mol. The molecule has 0 aliphatic heterocycles. The van der Waals surface area contributed by atoms with Crippen LogP contribution in [-0.4, -0.2) is 0 Å². The first-order valence-corrected chi connectivity index (χ1v) is 8.49. The Bertz CT molecular complexity index is 720. The van der Waals surface area contributed by atoms with Gasteiger partial charge in [-0.1, -0.05) is 68.5 Å². The molecule has 0 saturated carbocycles. The van der Waals surface area contributed by atoms with Crippen molar-refractivity contribution in [3.05, 3.63) is 93.7 Å². The van der Waals surface area contributed by atoms with Crippen molar-refractivity contribution in [2.24, 2.45) is 5.92 Å². The van der Waals surface area contributed by atoms with Gasteiger partial charge in [0.15, 0.2) is 0 Å². The zero-order valence-electron chi connectivity index (χ0n) is 15.3. The molecule has 0 fully saturated rings. The van der Waals surface area contributed by atoms with Gasteiger partial charge in [0.2, 0.25) is 0 Å². The van der Waals surface area contributed by atoms with Crippen molar-refractivity contribution < 1.29 is 0 Å². The van der Waals surface area contributed by atoms with Crippen LogP contribution in [0.3, 0.4) is 0 Å². The summed E-state index contributed by atoms with van der Waals surface area (Å²) in [5, 5.41) is 0. The molecule has 0 aromatic carbocycles. The monoisotopic (exact) mass is 304 g/mol. The standard InChI is InChI=1S/C23H28/c1-7-9-19-13-14-20(10-8-2)22-15-21(16(3)4)12-11-17(5)23(22)18(19)6/h7-16H,1-6H3/b9-7+,10-8+. The summed E-state index contributed by atoms with van der Waals surface area (Å²) < 4.78 is 0. The van der Waals surface area contributed by atoms with Crippen molar-refractivity contribution in [1.29, 1.82) is 0 Å². The minimum absolute atomic E-state index is 0.518. The minimum Gasteiger partial charge on any atom is -0.0871 e. The maximum atomic E-state index is 2.37. The predicted octanol–water partition coefficient (Wildman–Crippen LogP) is 6.79. The highest BCUT2D eigenvalue weighted by Crippen LogP contribution is 2.37. The number of allylic oxidation sites excluding steroid dienone is 16. The highest BCUT2D eigenvalue weighted by atomic mass is 14.2. The van der Waals surface area contributed by atoms with Gasteiger partial charge < -0.3 is 0 Å². The van der Waals surface area contributed by atoms with Crippen LogP contribution in [0, 0.1) is 5.92 Å². The van der Waals surface area contributed by atoms with Crippen LogP contribution in [-0.2, 0) is 0 Å². The molecular weight excluding hydrogens is 276 g/mol. The second-order valence-electron chi connectivity index (χ2n) is 6.47. The predicted molar refractivity (Wildman–Crippen MR) is 103 cm³/mol. The highest BCUT2D eigenvalue weighted by molar-refractivity contribution is 5.68. The summed E-state index contributed by atoms with van der Waals surface area (Å²) in [7, 11) is 0. The van der Waals surface area contributed by atoms with Gasteiger partial charge in [0, 0.05) is 0 Å². The maximum absolute atomic E-state index is 2.37. The molecule has 0 amide bonds. The maximum Gasteiger partial charge on any atom is -0.0103 e. The van der Waals surface area contributed by atoms with Gasteiger partial charge in [-0.2, -0.15) is 0 Å². The van der Waals surface area contributed by atoms with Crippen molar-refractivity contribution >= 4 is 0 Å². The van der Waals surface area contributed by atoms with E-state index in [0.717, 1.165) is 0 Å². The number of rotatable bonds is 3. The van der Waals surface area contributed by atoms with Crippen LogP contribution in [0.5, 0.6) is 0 Å². The summed E-state index contributed by atoms with van der Waals surface area (Å²) in [6, 6.07) is 0. The largest absolute Gasteiger partial charge is 0.0871 e. The molecule has 0 atom stereocenters. The third-order valence-corrected chi connectivity index (χ3v) is 4.42. The van der Waals surface area contributed by atoms with Crippen LogP contribution in [0.25, 0.3) is 0 Å². The lowest BCUT2D eigenvalue weighted by Crippen LogP contribution is -1.97. The molecule has 0 aromatic heterocycles. The van der Waals surface area contributed by atoms with E-state index in [0.29, 0.717) is 5.92 Å². The summed E-state index contributed by atoms with van der Waals surface area (Å²) >= 11 is 0. The normalized spacial score (nSPS) is 19.2. The van der Waals surface area contributed by atoms with Crippen molar-refractivity contribution in [2.75, 3.05) is 0 Å². The summed E-state index contributed by atoms with van der Waals surface area (Å²) in [6.45, 7) is 13.1. The van der Waals surface area contributed by atoms with E-state index in [-0.39, 0.29) is 0 Å². The van der Waals surface area contributed by atoms with Crippen molar-refractivity contribution in [1.82, 2.24) is 0 Å². The zero-order valence-corrected chi connectivity index (χ0v) is 15.3. The summed E-state index contributed by atoms with van der Waals surface area (Å²) in [5.74, 6) is 0.518. The fourth-order valence-corrected chi connectivity index (χ4v) is 3.11. The lowest BCUT2D eigenvalue weighted by molar-refractivity contribution is 0.791. The molecule has 0 heteroatoms. The van der Waals surface area contributed by atoms with E-state index >= 15 is 0 Å². The Morgan fingerprint density at radius 2 is 1.43 bits per heavy atom. The van der Waals surface area contributed by atoms with E-state index in [9.17, 15) is 0 Å².